The highest BCUT2D eigenvalue weighted by Gasteiger charge is 2.30. The van der Waals surface area contributed by atoms with E-state index in [0.717, 1.165) is 50.4 Å². The molecule has 1 unspecified atom stereocenters. The zero-order valence-corrected chi connectivity index (χ0v) is 15.1. The summed E-state index contributed by atoms with van der Waals surface area (Å²) < 4.78 is 0. The van der Waals surface area contributed by atoms with Gasteiger partial charge in [0.05, 0.1) is 11.9 Å². The van der Waals surface area contributed by atoms with Crippen LogP contribution in [-0.2, 0) is 6.42 Å². The van der Waals surface area contributed by atoms with Crippen molar-refractivity contribution in [3.05, 3.63) is 53.3 Å². The number of amides is 2. The van der Waals surface area contributed by atoms with Gasteiger partial charge in [-0.3, -0.25) is 9.88 Å². The molecule has 2 heterocycles. The number of benzene rings is 1. The van der Waals surface area contributed by atoms with Crippen molar-refractivity contribution >= 4 is 17.4 Å². The van der Waals surface area contributed by atoms with Gasteiger partial charge in [-0.1, -0.05) is 12.1 Å². The highest BCUT2D eigenvalue weighted by Crippen LogP contribution is 2.39. The molecule has 2 amide bonds. The lowest BCUT2D eigenvalue weighted by atomic mass is 10.0. The number of aryl methyl sites for hydroxylation is 1. The van der Waals surface area contributed by atoms with Crippen molar-refractivity contribution in [2.24, 2.45) is 0 Å². The van der Waals surface area contributed by atoms with E-state index in [1.54, 1.807) is 6.20 Å². The summed E-state index contributed by atoms with van der Waals surface area (Å²) in [6.07, 6.45) is 3.80. The Hall–Kier alpha value is -2.44. The molecule has 1 aliphatic heterocycles. The van der Waals surface area contributed by atoms with Crippen molar-refractivity contribution in [2.45, 2.75) is 25.8 Å². The molecule has 2 aromatic rings. The Morgan fingerprint density at radius 2 is 2.04 bits per heavy atom. The van der Waals surface area contributed by atoms with Gasteiger partial charge < -0.3 is 16.0 Å². The number of carbonyl (C=O) groups is 1. The molecule has 0 bridgehead atoms. The molecule has 6 nitrogen and oxygen atoms in total. The molecule has 3 N–H and O–H groups in total. The minimum atomic E-state index is -0.227. The predicted octanol–water partition coefficient (Wildman–Crippen LogP) is 2.93. The van der Waals surface area contributed by atoms with Gasteiger partial charge in [-0.2, -0.15) is 0 Å². The van der Waals surface area contributed by atoms with Crippen molar-refractivity contribution in [3.63, 3.8) is 0 Å². The summed E-state index contributed by atoms with van der Waals surface area (Å²) in [5.74, 6) is 0. The summed E-state index contributed by atoms with van der Waals surface area (Å²) in [7, 11) is 0. The van der Waals surface area contributed by atoms with E-state index < -0.39 is 0 Å². The summed E-state index contributed by atoms with van der Waals surface area (Å²) >= 11 is 0. The lowest BCUT2D eigenvalue weighted by molar-refractivity contribution is 0.173. The number of fused-ring (bicyclic) bond motifs is 1. The van der Waals surface area contributed by atoms with Gasteiger partial charge in [-0.05, 0) is 49.1 Å². The molecule has 0 spiro atoms. The van der Waals surface area contributed by atoms with E-state index in [-0.39, 0.29) is 6.03 Å². The molecule has 1 aromatic heterocycles. The Bertz CT molecular complexity index is 783. The first kappa shape index (κ1) is 17.0. The number of piperazine rings is 1. The highest BCUT2D eigenvalue weighted by atomic mass is 16.2. The third-order valence-electron chi connectivity index (χ3n) is 5.25. The second kappa shape index (κ2) is 7.43. The number of rotatable bonds is 3. The maximum atomic E-state index is 12.4. The van der Waals surface area contributed by atoms with E-state index in [1.165, 1.54) is 11.1 Å². The van der Waals surface area contributed by atoms with Gasteiger partial charge in [0.25, 0.3) is 0 Å². The van der Waals surface area contributed by atoms with Crippen LogP contribution in [0, 0.1) is 6.92 Å². The Kier molecular flexibility index (Phi) is 4.86. The molecule has 0 saturated carbocycles. The summed E-state index contributed by atoms with van der Waals surface area (Å²) in [6.45, 7) is 6.20. The number of urea groups is 1. The smallest absolute Gasteiger partial charge is 0.314 e. The second-order valence-corrected chi connectivity index (χ2v) is 6.98. The van der Waals surface area contributed by atoms with Crippen LogP contribution in [0.15, 0.2) is 36.5 Å². The van der Waals surface area contributed by atoms with Crippen LogP contribution in [0.5, 0.6) is 0 Å². The SMILES string of the molecule is Cc1ccc(NC(=O)Nc2cccc3c2CCC3N2CCNCC2)cn1. The number of hydrogen-bond donors (Lipinski definition) is 3. The van der Waals surface area contributed by atoms with E-state index in [1.807, 2.05) is 31.2 Å². The van der Waals surface area contributed by atoms with Crippen LogP contribution in [0.4, 0.5) is 16.2 Å². The van der Waals surface area contributed by atoms with E-state index in [9.17, 15) is 4.79 Å². The molecular weight excluding hydrogens is 326 g/mol. The molecule has 1 fully saturated rings. The first-order chi connectivity index (χ1) is 12.7. The zero-order chi connectivity index (χ0) is 17.9. The quantitative estimate of drug-likeness (QED) is 0.795. The number of nitrogens with zero attached hydrogens (tertiary/aromatic N) is 2. The maximum Gasteiger partial charge on any atom is 0.323 e. The second-order valence-electron chi connectivity index (χ2n) is 6.98. The minimum Gasteiger partial charge on any atom is -0.314 e. The van der Waals surface area contributed by atoms with Crippen LogP contribution in [-0.4, -0.2) is 42.1 Å². The summed E-state index contributed by atoms with van der Waals surface area (Å²) in [5, 5.41) is 9.29. The molecule has 1 saturated heterocycles. The van der Waals surface area contributed by atoms with Gasteiger partial charge >= 0.3 is 6.03 Å². The third-order valence-corrected chi connectivity index (χ3v) is 5.25. The molecule has 4 rings (SSSR count). The third kappa shape index (κ3) is 3.57. The van der Waals surface area contributed by atoms with E-state index in [2.05, 4.69) is 31.9 Å². The van der Waals surface area contributed by atoms with Crippen LogP contribution < -0.4 is 16.0 Å². The monoisotopic (exact) mass is 351 g/mol. The number of nitrogens with one attached hydrogen (secondary N) is 3. The molecular formula is C20H25N5O. The Morgan fingerprint density at radius 1 is 1.19 bits per heavy atom. The van der Waals surface area contributed by atoms with E-state index in [0.29, 0.717) is 11.7 Å². The van der Waals surface area contributed by atoms with Crippen molar-refractivity contribution in [3.8, 4) is 0 Å². The molecule has 136 valence electrons. The average Bonchev–Trinajstić information content (AvgIpc) is 3.09. The lowest BCUT2D eigenvalue weighted by Crippen LogP contribution is -2.44. The fourth-order valence-corrected chi connectivity index (χ4v) is 3.95. The number of carbonyl (C=O) groups excluding carboxylic acids is 1. The van der Waals surface area contributed by atoms with Gasteiger partial charge in [0.2, 0.25) is 0 Å². The summed E-state index contributed by atoms with van der Waals surface area (Å²) in [4.78, 5) is 19.1. The first-order valence-electron chi connectivity index (χ1n) is 9.28. The minimum absolute atomic E-state index is 0.227. The number of pyridine rings is 1. The first-order valence-corrected chi connectivity index (χ1v) is 9.28. The Morgan fingerprint density at radius 3 is 2.81 bits per heavy atom. The van der Waals surface area contributed by atoms with Crippen molar-refractivity contribution in [1.29, 1.82) is 0 Å². The van der Waals surface area contributed by atoms with Gasteiger partial charge in [-0.15, -0.1) is 0 Å². The molecule has 6 heteroatoms. The maximum absolute atomic E-state index is 12.4. The Balaban J connectivity index is 1.47. The topological polar surface area (TPSA) is 69.3 Å². The molecule has 2 aliphatic rings. The largest absolute Gasteiger partial charge is 0.323 e. The number of anilines is 2. The normalized spacial score (nSPS) is 19.8. The fraction of sp³-hybridized carbons (Fsp3) is 0.400. The van der Waals surface area contributed by atoms with Gasteiger partial charge in [0, 0.05) is 43.6 Å². The standard InChI is InChI=1S/C20H25N5O/c1-14-5-6-15(13-22-14)23-20(26)24-18-4-2-3-17-16(18)7-8-19(17)25-11-9-21-10-12-25/h2-6,13,19,21H,7-12H2,1H3,(H2,23,24,26). The average molecular weight is 351 g/mol. The van der Waals surface area contributed by atoms with Crippen molar-refractivity contribution < 1.29 is 4.79 Å². The highest BCUT2D eigenvalue weighted by molar-refractivity contribution is 6.00. The Labute approximate surface area is 154 Å². The molecule has 1 aromatic carbocycles. The fourth-order valence-electron chi connectivity index (χ4n) is 3.95. The van der Waals surface area contributed by atoms with Crippen LogP contribution in [0.1, 0.15) is 29.3 Å². The van der Waals surface area contributed by atoms with Crippen molar-refractivity contribution in [1.82, 2.24) is 15.2 Å². The van der Waals surface area contributed by atoms with Crippen LogP contribution in [0.25, 0.3) is 0 Å². The molecule has 0 radical (unpaired) electrons. The van der Waals surface area contributed by atoms with Gasteiger partial charge in [0.15, 0.2) is 0 Å². The summed E-state index contributed by atoms with van der Waals surface area (Å²) in [5.41, 5.74) is 5.17. The lowest BCUT2D eigenvalue weighted by Gasteiger charge is -2.33. The van der Waals surface area contributed by atoms with Crippen molar-refractivity contribution in [2.75, 3.05) is 36.8 Å². The molecule has 26 heavy (non-hydrogen) atoms. The van der Waals surface area contributed by atoms with Gasteiger partial charge in [-0.25, -0.2) is 4.79 Å². The number of aromatic nitrogens is 1. The van der Waals surface area contributed by atoms with E-state index in [4.69, 9.17) is 0 Å². The van der Waals surface area contributed by atoms with Crippen LogP contribution in [0.2, 0.25) is 0 Å². The van der Waals surface area contributed by atoms with Crippen LogP contribution in [0.3, 0.4) is 0 Å². The number of hydrogen-bond acceptors (Lipinski definition) is 4. The predicted molar refractivity (Wildman–Crippen MR) is 104 cm³/mol. The summed E-state index contributed by atoms with van der Waals surface area (Å²) in [6, 6.07) is 10.2. The van der Waals surface area contributed by atoms with E-state index >= 15 is 0 Å². The molecule has 1 aliphatic carbocycles. The van der Waals surface area contributed by atoms with Gasteiger partial charge in [0.1, 0.15) is 0 Å². The zero-order valence-electron chi connectivity index (χ0n) is 15.1. The molecule has 1 atom stereocenters. The van der Waals surface area contributed by atoms with Crippen LogP contribution >= 0.6 is 0 Å².